The molecule has 0 N–H and O–H groups in total. The summed E-state index contributed by atoms with van der Waals surface area (Å²) in [6.45, 7) is 2.14. The maximum atomic E-state index is 8.54. The number of nitrogens with zero attached hydrogens (tertiary/aromatic N) is 4. The summed E-state index contributed by atoms with van der Waals surface area (Å²) in [6.07, 6.45) is 6.32. The van der Waals surface area contributed by atoms with Crippen LogP contribution in [-0.4, -0.2) is 54.4 Å². The molecule has 0 amide bonds. The van der Waals surface area contributed by atoms with Crippen molar-refractivity contribution >= 4 is 16.9 Å². The maximum Gasteiger partial charge on any atom is 0.208 e. The van der Waals surface area contributed by atoms with E-state index < -0.39 is 0 Å². The summed E-state index contributed by atoms with van der Waals surface area (Å²) in [7, 11) is 4.16. The number of nitriles is 1. The number of likely N-dealkylation sites (tertiary alicyclic amines) is 1. The molecule has 1 saturated heterocycles. The molecule has 0 spiro atoms. The normalized spacial score (nSPS) is 22.8. The minimum atomic E-state index is 0.603. The van der Waals surface area contributed by atoms with Crippen LogP contribution in [0, 0.1) is 11.5 Å². The highest BCUT2D eigenvalue weighted by Gasteiger charge is 2.22. The molecular formula is C10H18N4S. The van der Waals surface area contributed by atoms with Gasteiger partial charge in [0, 0.05) is 19.6 Å². The molecule has 0 radical (unpaired) electrons. The van der Waals surface area contributed by atoms with Gasteiger partial charge in [-0.1, -0.05) is 11.8 Å². The Morgan fingerprint density at radius 3 is 2.93 bits per heavy atom. The molecule has 1 rings (SSSR count). The van der Waals surface area contributed by atoms with E-state index in [1.165, 1.54) is 31.1 Å². The van der Waals surface area contributed by atoms with Crippen molar-refractivity contribution in [1.29, 1.82) is 5.26 Å². The Hall–Kier alpha value is -0.730. The minimum absolute atomic E-state index is 0.603. The topological polar surface area (TPSA) is 42.6 Å². The highest BCUT2D eigenvalue weighted by molar-refractivity contribution is 8.13. The van der Waals surface area contributed by atoms with E-state index in [1.54, 1.807) is 0 Å². The molecule has 0 aliphatic carbocycles. The van der Waals surface area contributed by atoms with Crippen molar-refractivity contribution in [3.8, 4) is 6.19 Å². The van der Waals surface area contributed by atoms with Gasteiger partial charge in [0.2, 0.25) is 6.19 Å². The van der Waals surface area contributed by atoms with Crippen molar-refractivity contribution in [3.05, 3.63) is 0 Å². The lowest BCUT2D eigenvalue weighted by Crippen LogP contribution is -2.38. The van der Waals surface area contributed by atoms with Crippen LogP contribution in [0.3, 0.4) is 0 Å². The third kappa shape index (κ3) is 3.40. The molecule has 4 nitrogen and oxygen atoms in total. The molecule has 0 aromatic rings. The lowest BCUT2D eigenvalue weighted by Gasteiger charge is -2.26. The molecule has 0 aromatic carbocycles. The van der Waals surface area contributed by atoms with Gasteiger partial charge in [-0.25, -0.2) is 0 Å². The van der Waals surface area contributed by atoms with Crippen LogP contribution < -0.4 is 0 Å². The fourth-order valence-electron chi connectivity index (χ4n) is 1.93. The van der Waals surface area contributed by atoms with Gasteiger partial charge >= 0.3 is 0 Å². The number of hydrogen-bond acceptors (Lipinski definition) is 4. The van der Waals surface area contributed by atoms with Crippen LogP contribution in [0.15, 0.2) is 4.99 Å². The van der Waals surface area contributed by atoms with E-state index in [9.17, 15) is 0 Å². The molecule has 0 saturated carbocycles. The summed E-state index contributed by atoms with van der Waals surface area (Å²) in [5.74, 6) is 0. The molecule has 5 heteroatoms. The molecule has 1 atom stereocenters. The molecule has 84 valence electrons. The van der Waals surface area contributed by atoms with Crippen molar-refractivity contribution in [2.24, 2.45) is 4.99 Å². The predicted octanol–water partition coefficient (Wildman–Crippen LogP) is 1.21. The molecule has 1 heterocycles. The second-order valence-corrected chi connectivity index (χ2v) is 4.63. The van der Waals surface area contributed by atoms with E-state index in [0.29, 0.717) is 6.04 Å². The van der Waals surface area contributed by atoms with Crippen molar-refractivity contribution in [2.45, 2.75) is 18.9 Å². The zero-order valence-electron chi connectivity index (χ0n) is 9.60. The second-order valence-electron chi connectivity index (χ2n) is 3.86. The predicted molar refractivity (Wildman–Crippen MR) is 64.8 cm³/mol. The van der Waals surface area contributed by atoms with Gasteiger partial charge < -0.3 is 9.80 Å². The van der Waals surface area contributed by atoms with Gasteiger partial charge in [-0.2, -0.15) is 5.26 Å². The van der Waals surface area contributed by atoms with Crippen LogP contribution in [-0.2, 0) is 0 Å². The summed E-state index contributed by atoms with van der Waals surface area (Å²) in [4.78, 5) is 8.25. The Morgan fingerprint density at radius 2 is 2.47 bits per heavy atom. The van der Waals surface area contributed by atoms with Gasteiger partial charge in [0.25, 0.3) is 0 Å². The van der Waals surface area contributed by atoms with Gasteiger partial charge in [-0.05, 0) is 32.7 Å². The zero-order valence-corrected chi connectivity index (χ0v) is 10.4. The highest BCUT2D eigenvalue weighted by atomic mass is 32.2. The molecule has 1 fully saturated rings. The van der Waals surface area contributed by atoms with Crippen molar-refractivity contribution < 1.29 is 0 Å². The summed E-state index contributed by atoms with van der Waals surface area (Å²) in [5.41, 5.74) is 0. The Morgan fingerprint density at radius 1 is 1.73 bits per heavy atom. The summed E-state index contributed by atoms with van der Waals surface area (Å²) >= 11 is 1.52. The second kappa shape index (κ2) is 5.99. The van der Waals surface area contributed by atoms with Crippen LogP contribution in [0.2, 0.25) is 0 Å². The smallest absolute Gasteiger partial charge is 0.208 e. The Kier molecular flexibility index (Phi) is 4.92. The highest BCUT2D eigenvalue weighted by Crippen LogP contribution is 2.16. The molecule has 0 aromatic heterocycles. The zero-order chi connectivity index (χ0) is 11.3. The van der Waals surface area contributed by atoms with E-state index >= 15 is 0 Å². The number of thioether (sulfide) groups is 1. The summed E-state index contributed by atoms with van der Waals surface area (Å²) < 4.78 is 0. The van der Waals surface area contributed by atoms with Crippen molar-refractivity contribution in [3.63, 3.8) is 0 Å². The van der Waals surface area contributed by atoms with Crippen LogP contribution in [0.1, 0.15) is 12.8 Å². The summed E-state index contributed by atoms with van der Waals surface area (Å²) in [6, 6.07) is 0.603. The van der Waals surface area contributed by atoms with Gasteiger partial charge in [0.1, 0.15) is 0 Å². The first-order chi connectivity index (χ1) is 7.19. The fourth-order valence-corrected chi connectivity index (χ4v) is 2.45. The van der Waals surface area contributed by atoms with Gasteiger partial charge in [0.05, 0.1) is 0 Å². The standard InChI is InChI=1S/C10H18N4S/c1-13-6-4-5-9(13)7-14(2)10(15-3)12-8-11/h9H,4-7H2,1-3H3. The van der Waals surface area contributed by atoms with Crippen LogP contribution in [0.25, 0.3) is 0 Å². The average Bonchev–Trinajstić information content (AvgIpc) is 2.60. The lowest BCUT2D eigenvalue weighted by molar-refractivity contribution is 0.269. The lowest BCUT2D eigenvalue weighted by atomic mass is 10.2. The Bertz CT molecular complexity index is 271. The monoisotopic (exact) mass is 226 g/mol. The quantitative estimate of drug-likeness (QED) is 0.403. The van der Waals surface area contributed by atoms with Crippen LogP contribution in [0.4, 0.5) is 0 Å². The SMILES string of the molecule is CSC(=NC#N)N(C)CC1CCCN1C. The minimum Gasteiger partial charge on any atom is -0.352 e. The molecule has 1 aliphatic rings. The number of likely N-dealkylation sites (N-methyl/N-ethyl adjacent to an activating group) is 2. The Labute approximate surface area is 95.9 Å². The van der Waals surface area contributed by atoms with Crippen LogP contribution in [0.5, 0.6) is 0 Å². The fraction of sp³-hybridized carbons (Fsp3) is 0.800. The maximum absolute atomic E-state index is 8.54. The van der Waals surface area contributed by atoms with Gasteiger partial charge in [-0.3, -0.25) is 0 Å². The molecular weight excluding hydrogens is 208 g/mol. The van der Waals surface area contributed by atoms with E-state index in [0.717, 1.165) is 11.7 Å². The van der Waals surface area contributed by atoms with E-state index in [2.05, 4.69) is 21.8 Å². The van der Waals surface area contributed by atoms with Crippen LogP contribution >= 0.6 is 11.8 Å². The number of aliphatic imine (C=N–C) groups is 1. The van der Waals surface area contributed by atoms with E-state index in [1.807, 2.05) is 19.5 Å². The van der Waals surface area contributed by atoms with Gasteiger partial charge in [-0.15, -0.1) is 4.99 Å². The van der Waals surface area contributed by atoms with Crippen molar-refractivity contribution in [1.82, 2.24) is 9.80 Å². The molecule has 15 heavy (non-hydrogen) atoms. The average molecular weight is 226 g/mol. The first-order valence-electron chi connectivity index (χ1n) is 5.11. The number of hydrogen-bond donors (Lipinski definition) is 0. The first kappa shape index (κ1) is 12.3. The Balaban J connectivity index is 2.50. The first-order valence-corrected chi connectivity index (χ1v) is 6.33. The number of amidine groups is 1. The molecule has 1 aliphatic heterocycles. The third-order valence-electron chi connectivity index (χ3n) is 2.81. The van der Waals surface area contributed by atoms with E-state index in [4.69, 9.17) is 5.26 Å². The van der Waals surface area contributed by atoms with Gasteiger partial charge in [0.15, 0.2) is 5.17 Å². The summed E-state index contributed by atoms with van der Waals surface area (Å²) in [5, 5.41) is 9.35. The number of rotatable bonds is 2. The van der Waals surface area contributed by atoms with Crippen molar-refractivity contribution in [2.75, 3.05) is 33.4 Å². The van der Waals surface area contributed by atoms with E-state index in [-0.39, 0.29) is 0 Å². The molecule has 0 bridgehead atoms. The largest absolute Gasteiger partial charge is 0.352 e. The third-order valence-corrected chi connectivity index (χ3v) is 3.58. The molecule has 1 unspecified atom stereocenters.